The molecule has 2 heterocycles. The van der Waals surface area contributed by atoms with E-state index in [2.05, 4.69) is 9.88 Å². The number of β-amino-alcohol motifs (C(OH)–C–C–N with tert-alkyl or cyclic N) is 1. The highest BCUT2D eigenvalue weighted by Crippen LogP contribution is 2.20. The minimum atomic E-state index is -0.232. The third-order valence-electron chi connectivity index (χ3n) is 2.72. The highest BCUT2D eigenvalue weighted by molar-refractivity contribution is 5.46. The van der Waals surface area contributed by atoms with E-state index in [1.165, 1.54) is 0 Å². The summed E-state index contributed by atoms with van der Waals surface area (Å²) < 4.78 is 0. The van der Waals surface area contributed by atoms with Crippen LogP contribution in [0.2, 0.25) is 0 Å². The van der Waals surface area contributed by atoms with Gasteiger partial charge in [0.1, 0.15) is 0 Å². The smallest absolute Gasteiger partial charge is 0.0853 e. The Morgan fingerprint density at radius 3 is 3.13 bits per heavy atom. The van der Waals surface area contributed by atoms with Gasteiger partial charge in [0, 0.05) is 25.0 Å². The van der Waals surface area contributed by atoms with Crippen LogP contribution in [0, 0.1) is 0 Å². The van der Waals surface area contributed by atoms with Crippen LogP contribution in [0.25, 0.3) is 0 Å². The van der Waals surface area contributed by atoms with Crippen molar-refractivity contribution in [3.63, 3.8) is 0 Å². The van der Waals surface area contributed by atoms with E-state index in [4.69, 9.17) is 5.11 Å². The van der Waals surface area contributed by atoms with Gasteiger partial charge in [-0.05, 0) is 25.0 Å². The fourth-order valence-corrected chi connectivity index (χ4v) is 1.94. The van der Waals surface area contributed by atoms with Crippen molar-refractivity contribution in [2.75, 3.05) is 18.0 Å². The second-order valence-electron chi connectivity index (χ2n) is 3.91. The fraction of sp³-hybridized carbons (Fsp3) is 0.545. The van der Waals surface area contributed by atoms with E-state index >= 15 is 0 Å². The molecule has 1 unspecified atom stereocenters. The molecular weight excluding hydrogens is 192 g/mol. The van der Waals surface area contributed by atoms with Gasteiger partial charge in [0.05, 0.1) is 18.4 Å². The highest BCUT2D eigenvalue weighted by atomic mass is 16.3. The maximum absolute atomic E-state index is 9.56. The van der Waals surface area contributed by atoms with Gasteiger partial charge in [-0.15, -0.1) is 0 Å². The van der Waals surface area contributed by atoms with E-state index in [-0.39, 0.29) is 12.7 Å². The maximum Gasteiger partial charge on any atom is 0.0853 e. The normalized spacial score (nSPS) is 21.7. The van der Waals surface area contributed by atoms with Gasteiger partial charge in [-0.1, -0.05) is 0 Å². The number of hydrogen-bond donors (Lipinski definition) is 2. The van der Waals surface area contributed by atoms with Crippen LogP contribution in [-0.2, 0) is 6.61 Å². The van der Waals surface area contributed by atoms with Crippen molar-refractivity contribution in [1.82, 2.24) is 4.98 Å². The third kappa shape index (κ3) is 2.46. The van der Waals surface area contributed by atoms with E-state index < -0.39 is 0 Å². The number of aromatic nitrogens is 1. The Kier molecular flexibility index (Phi) is 3.18. The molecule has 0 bridgehead atoms. The van der Waals surface area contributed by atoms with Crippen LogP contribution in [-0.4, -0.2) is 34.4 Å². The second kappa shape index (κ2) is 4.59. The Morgan fingerprint density at radius 2 is 2.40 bits per heavy atom. The van der Waals surface area contributed by atoms with Gasteiger partial charge in [-0.3, -0.25) is 4.98 Å². The lowest BCUT2D eigenvalue weighted by atomic mass is 10.1. The van der Waals surface area contributed by atoms with E-state index in [1.807, 2.05) is 12.1 Å². The lowest BCUT2D eigenvalue weighted by Gasteiger charge is -2.32. The first kappa shape index (κ1) is 10.4. The zero-order valence-electron chi connectivity index (χ0n) is 8.63. The van der Waals surface area contributed by atoms with Gasteiger partial charge in [0.15, 0.2) is 0 Å². The van der Waals surface area contributed by atoms with Gasteiger partial charge in [-0.25, -0.2) is 0 Å². The van der Waals surface area contributed by atoms with Gasteiger partial charge in [-0.2, -0.15) is 0 Å². The molecule has 0 aliphatic carbocycles. The number of pyridine rings is 1. The van der Waals surface area contributed by atoms with E-state index in [0.717, 1.165) is 25.1 Å². The molecule has 4 heteroatoms. The van der Waals surface area contributed by atoms with Crippen LogP contribution in [0.5, 0.6) is 0 Å². The number of piperidine rings is 1. The Morgan fingerprint density at radius 1 is 1.53 bits per heavy atom. The van der Waals surface area contributed by atoms with Crippen molar-refractivity contribution >= 4 is 5.69 Å². The summed E-state index contributed by atoms with van der Waals surface area (Å²) in [4.78, 5) is 6.17. The molecule has 2 rings (SSSR count). The fourth-order valence-electron chi connectivity index (χ4n) is 1.94. The standard InChI is InChI=1S/C11H16N2O2/c14-8-9-6-10(3-4-12-9)13-5-1-2-11(15)7-13/h3-4,6,11,14-15H,1-2,5,7-8H2. The number of aliphatic hydroxyl groups excluding tert-OH is 2. The first-order chi connectivity index (χ1) is 7.29. The minimum Gasteiger partial charge on any atom is -0.391 e. The van der Waals surface area contributed by atoms with E-state index in [1.54, 1.807) is 6.20 Å². The van der Waals surface area contributed by atoms with Crippen LogP contribution in [0.4, 0.5) is 5.69 Å². The molecule has 0 radical (unpaired) electrons. The molecule has 82 valence electrons. The zero-order chi connectivity index (χ0) is 10.7. The monoisotopic (exact) mass is 208 g/mol. The van der Waals surface area contributed by atoms with E-state index in [9.17, 15) is 5.11 Å². The predicted octanol–water partition coefficient (Wildman–Crippen LogP) is 0.535. The molecule has 0 spiro atoms. The number of hydrogen-bond acceptors (Lipinski definition) is 4. The predicted molar refractivity (Wildman–Crippen MR) is 57.6 cm³/mol. The van der Waals surface area contributed by atoms with Gasteiger partial charge < -0.3 is 15.1 Å². The molecule has 1 aliphatic heterocycles. The summed E-state index contributed by atoms with van der Waals surface area (Å²) in [5.74, 6) is 0. The molecule has 15 heavy (non-hydrogen) atoms. The molecule has 4 nitrogen and oxygen atoms in total. The van der Waals surface area contributed by atoms with Crippen LogP contribution in [0.3, 0.4) is 0 Å². The van der Waals surface area contributed by atoms with Crippen LogP contribution >= 0.6 is 0 Å². The number of anilines is 1. The summed E-state index contributed by atoms with van der Waals surface area (Å²) in [6.45, 7) is 1.60. The van der Waals surface area contributed by atoms with Crippen molar-refractivity contribution in [1.29, 1.82) is 0 Å². The SMILES string of the molecule is OCc1cc(N2CCCC(O)C2)ccn1. The summed E-state index contributed by atoms with van der Waals surface area (Å²) >= 11 is 0. The maximum atomic E-state index is 9.56. The Labute approximate surface area is 89.2 Å². The first-order valence-corrected chi connectivity index (χ1v) is 5.28. The Hall–Kier alpha value is -1.13. The summed E-state index contributed by atoms with van der Waals surface area (Å²) in [6, 6.07) is 3.79. The molecule has 1 saturated heterocycles. The lowest BCUT2D eigenvalue weighted by Crippen LogP contribution is -2.38. The summed E-state index contributed by atoms with van der Waals surface area (Å²) in [7, 11) is 0. The van der Waals surface area contributed by atoms with E-state index in [0.29, 0.717) is 12.2 Å². The largest absolute Gasteiger partial charge is 0.391 e. The van der Waals surface area contributed by atoms with Gasteiger partial charge in [0.2, 0.25) is 0 Å². The van der Waals surface area contributed by atoms with Crippen molar-refractivity contribution in [2.45, 2.75) is 25.6 Å². The van der Waals surface area contributed by atoms with Crippen LogP contribution < -0.4 is 4.90 Å². The summed E-state index contributed by atoms with van der Waals surface area (Å²) in [6.07, 6.45) is 3.36. The topological polar surface area (TPSA) is 56.6 Å². The molecule has 2 N–H and O–H groups in total. The minimum absolute atomic E-state index is 0.0375. The van der Waals surface area contributed by atoms with Crippen molar-refractivity contribution in [3.05, 3.63) is 24.0 Å². The zero-order valence-corrected chi connectivity index (χ0v) is 8.63. The molecule has 1 aromatic heterocycles. The molecule has 0 aromatic carbocycles. The number of aliphatic hydroxyl groups is 2. The molecule has 0 amide bonds. The van der Waals surface area contributed by atoms with Crippen molar-refractivity contribution in [2.24, 2.45) is 0 Å². The van der Waals surface area contributed by atoms with Crippen LogP contribution in [0.15, 0.2) is 18.3 Å². The first-order valence-electron chi connectivity index (χ1n) is 5.28. The van der Waals surface area contributed by atoms with Gasteiger partial charge >= 0.3 is 0 Å². The average molecular weight is 208 g/mol. The number of rotatable bonds is 2. The summed E-state index contributed by atoms with van der Waals surface area (Å²) in [5.41, 5.74) is 1.71. The summed E-state index contributed by atoms with van der Waals surface area (Å²) in [5, 5.41) is 18.5. The second-order valence-corrected chi connectivity index (χ2v) is 3.91. The Balaban J connectivity index is 2.13. The third-order valence-corrected chi connectivity index (χ3v) is 2.72. The average Bonchev–Trinajstić information content (AvgIpc) is 2.29. The molecule has 1 atom stereocenters. The quantitative estimate of drug-likeness (QED) is 0.744. The highest BCUT2D eigenvalue weighted by Gasteiger charge is 2.17. The Bertz CT molecular complexity index is 330. The molecule has 1 aliphatic rings. The molecule has 0 saturated carbocycles. The molecular formula is C11H16N2O2. The van der Waals surface area contributed by atoms with Gasteiger partial charge in [0.25, 0.3) is 0 Å². The van der Waals surface area contributed by atoms with Crippen molar-refractivity contribution < 1.29 is 10.2 Å². The molecule has 1 aromatic rings. The lowest BCUT2D eigenvalue weighted by molar-refractivity contribution is 0.154. The number of nitrogens with zero attached hydrogens (tertiary/aromatic N) is 2. The van der Waals surface area contributed by atoms with Crippen molar-refractivity contribution in [3.8, 4) is 0 Å². The molecule has 1 fully saturated rings. The van der Waals surface area contributed by atoms with Crippen LogP contribution in [0.1, 0.15) is 18.5 Å².